The smallest absolute Gasteiger partial charge is 0.254 e. The fraction of sp³-hybridized carbons (Fsp3) is 0.310. The number of hydrogen-bond acceptors (Lipinski definition) is 7. The van der Waals surface area contributed by atoms with Gasteiger partial charge in [0.2, 0.25) is 11.8 Å². The number of thiophene rings is 1. The predicted octanol–water partition coefficient (Wildman–Crippen LogP) is 2.32. The van der Waals surface area contributed by atoms with Crippen molar-refractivity contribution in [2.45, 2.75) is 31.3 Å². The van der Waals surface area contributed by atoms with Gasteiger partial charge in [-0.15, -0.1) is 11.3 Å². The van der Waals surface area contributed by atoms with Crippen LogP contribution in [0.1, 0.15) is 32.8 Å². The molecule has 10 nitrogen and oxygen atoms in total. The van der Waals surface area contributed by atoms with Crippen LogP contribution in [0.25, 0.3) is 11.1 Å². The molecule has 1 atom stereocenters. The Morgan fingerprint density at radius 3 is 2.60 bits per heavy atom. The number of rotatable bonds is 7. The average Bonchev–Trinajstić information content (AvgIpc) is 3.76. The lowest BCUT2D eigenvalue weighted by molar-refractivity contribution is -0.152. The molecular weight excluding hydrogens is 530 g/mol. The lowest BCUT2D eigenvalue weighted by Crippen LogP contribution is -2.49. The van der Waals surface area contributed by atoms with Crippen LogP contribution in [0.3, 0.4) is 0 Å². The van der Waals surface area contributed by atoms with Crippen LogP contribution >= 0.6 is 11.3 Å². The van der Waals surface area contributed by atoms with Crippen molar-refractivity contribution in [2.75, 3.05) is 26.3 Å². The number of likely N-dealkylation sites (tertiary alicyclic amines) is 1. The quantitative estimate of drug-likeness (QED) is 0.300. The van der Waals surface area contributed by atoms with Crippen molar-refractivity contribution in [1.29, 1.82) is 5.41 Å². The summed E-state index contributed by atoms with van der Waals surface area (Å²) in [6.45, 7) is 1.31. The van der Waals surface area contributed by atoms with Gasteiger partial charge in [0.05, 0.1) is 26.3 Å². The molecule has 1 aromatic heterocycles. The van der Waals surface area contributed by atoms with E-state index >= 15 is 0 Å². The first-order valence-corrected chi connectivity index (χ1v) is 13.9. The number of nitrogens with zero attached hydrogens (tertiary/aromatic N) is 2. The standard InChI is InChI=1S/C29H29N5O5S/c30-26(31)21-11-22(40-16-21)13-32-27(36)24-12-29(38-8-9-39-29)17-34(24)25(35)15-33-14-20-10-19(6-7-23(20)28(33)37)18-4-2-1-3-5-18/h1-7,10-11,16,24H,8-9,12-15,17H2,(H3,30,31)(H,32,36)/t24-/m0/s1. The fourth-order valence-electron chi connectivity index (χ4n) is 5.52. The van der Waals surface area contributed by atoms with E-state index in [1.165, 1.54) is 21.1 Å². The summed E-state index contributed by atoms with van der Waals surface area (Å²) in [4.78, 5) is 43.9. The molecule has 0 bridgehead atoms. The number of ether oxygens (including phenoxy) is 2. The number of carbonyl (C=O) groups is 3. The third-order valence-corrected chi connectivity index (χ3v) is 8.48. The van der Waals surface area contributed by atoms with Crippen LogP contribution in [-0.4, -0.2) is 71.5 Å². The van der Waals surface area contributed by atoms with Crippen LogP contribution in [0.5, 0.6) is 0 Å². The Labute approximate surface area is 235 Å². The van der Waals surface area contributed by atoms with Gasteiger partial charge < -0.3 is 30.3 Å². The molecule has 3 aliphatic heterocycles. The van der Waals surface area contributed by atoms with Crippen molar-refractivity contribution in [2.24, 2.45) is 5.73 Å². The Morgan fingerprint density at radius 1 is 1.10 bits per heavy atom. The molecule has 2 saturated heterocycles. The maximum atomic E-state index is 13.6. The Morgan fingerprint density at radius 2 is 1.88 bits per heavy atom. The molecule has 3 aromatic rings. The molecule has 2 aromatic carbocycles. The van der Waals surface area contributed by atoms with Crippen LogP contribution in [0.15, 0.2) is 60.0 Å². The van der Waals surface area contributed by atoms with Crippen molar-refractivity contribution in [3.63, 3.8) is 0 Å². The zero-order valence-electron chi connectivity index (χ0n) is 21.7. The minimum Gasteiger partial charge on any atom is -0.384 e. The Balaban J connectivity index is 1.15. The molecule has 11 heteroatoms. The highest BCUT2D eigenvalue weighted by Crippen LogP contribution is 2.36. The second kappa shape index (κ2) is 10.5. The topological polar surface area (TPSA) is 138 Å². The third-order valence-electron chi connectivity index (χ3n) is 7.55. The molecule has 4 N–H and O–H groups in total. The van der Waals surface area contributed by atoms with E-state index < -0.39 is 11.8 Å². The molecule has 40 heavy (non-hydrogen) atoms. The SMILES string of the molecule is N=C(N)c1csc(CNC(=O)[C@@H]2CC3(CN2C(=O)CN2Cc4cc(-c5ccccc5)ccc4C2=O)OCCO3)c1. The number of nitrogen functional groups attached to an aromatic ring is 1. The van der Waals surface area contributed by atoms with E-state index in [9.17, 15) is 14.4 Å². The summed E-state index contributed by atoms with van der Waals surface area (Å²) in [7, 11) is 0. The highest BCUT2D eigenvalue weighted by molar-refractivity contribution is 7.10. The summed E-state index contributed by atoms with van der Waals surface area (Å²) in [5, 5.41) is 12.2. The second-order valence-electron chi connectivity index (χ2n) is 10.2. The van der Waals surface area contributed by atoms with Crippen LogP contribution in [-0.2, 0) is 32.2 Å². The van der Waals surface area contributed by atoms with E-state index in [4.69, 9.17) is 20.6 Å². The van der Waals surface area contributed by atoms with Crippen molar-refractivity contribution in [3.8, 4) is 11.1 Å². The molecule has 4 heterocycles. The predicted molar refractivity (Wildman–Crippen MR) is 149 cm³/mol. The minimum absolute atomic E-state index is 0.0336. The van der Waals surface area contributed by atoms with Crippen LogP contribution in [0, 0.1) is 5.41 Å². The molecule has 3 amide bonds. The maximum absolute atomic E-state index is 13.6. The lowest BCUT2D eigenvalue weighted by atomic mass is 10.0. The van der Waals surface area contributed by atoms with Gasteiger partial charge >= 0.3 is 0 Å². The van der Waals surface area contributed by atoms with Gasteiger partial charge in [-0.3, -0.25) is 19.8 Å². The van der Waals surface area contributed by atoms with Gasteiger partial charge in [0.1, 0.15) is 18.4 Å². The zero-order valence-corrected chi connectivity index (χ0v) is 22.5. The van der Waals surface area contributed by atoms with E-state index in [2.05, 4.69) is 5.32 Å². The van der Waals surface area contributed by atoms with Crippen molar-refractivity contribution >= 4 is 34.9 Å². The van der Waals surface area contributed by atoms with E-state index in [0.29, 0.717) is 30.9 Å². The molecule has 0 saturated carbocycles. The van der Waals surface area contributed by atoms with E-state index in [1.807, 2.05) is 48.5 Å². The largest absolute Gasteiger partial charge is 0.384 e. The van der Waals surface area contributed by atoms with Crippen LogP contribution < -0.4 is 11.1 Å². The first-order valence-electron chi connectivity index (χ1n) is 13.1. The van der Waals surface area contributed by atoms with Gasteiger partial charge in [-0.25, -0.2) is 0 Å². The monoisotopic (exact) mass is 559 g/mol. The van der Waals surface area contributed by atoms with Crippen LogP contribution in [0.4, 0.5) is 0 Å². The lowest BCUT2D eigenvalue weighted by Gasteiger charge is -2.26. The van der Waals surface area contributed by atoms with Gasteiger partial charge in [0.15, 0.2) is 5.79 Å². The van der Waals surface area contributed by atoms with Crippen molar-refractivity contribution < 1.29 is 23.9 Å². The number of nitrogens with one attached hydrogen (secondary N) is 2. The van der Waals surface area contributed by atoms with Gasteiger partial charge in [0, 0.05) is 34.3 Å². The number of amidine groups is 1. The number of fused-ring (bicyclic) bond motifs is 1. The van der Waals surface area contributed by atoms with E-state index in [1.54, 1.807) is 11.4 Å². The van der Waals surface area contributed by atoms with E-state index in [-0.39, 0.29) is 49.6 Å². The molecule has 206 valence electrons. The van der Waals surface area contributed by atoms with Gasteiger partial charge in [-0.1, -0.05) is 36.4 Å². The first kappa shape index (κ1) is 26.2. The minimum atomic E-state index is -1.02. The average molecular weight is 560 g/mol. The molecule has 0 radical (unpaired) electrons. The molecule has 3 aliphatic rings. The Hall–Kier alpha value is -4.06. The molecule has 0 aliphatic carbocycles. The Bertz CT molecular complexity index is 1480. The van der Waals surface area contributed by atoms with Gasteiger partial charge in [0.25, 0.3) is 5.91 Å². The summed E-state index contributed by atoms with van der Waals surface area (Å²) < 4.78 is 11.7. The first-order chi connectivity index (χ1) is 19.3. The Kier molecular flexibility index (Phi) is 6.87. The maximum Gasteiger partial charge on any atom is 0.254 e. The van der Waals surface area contributed by atoms with Crippen molar-refractivity contribution in [1.82, 2.24) is 15.1 Å². The normalized spacial score (nSPS) is 19.3. The number of benzene rings is 2. The molecule has 2 fully saturated rings. The summed E-state index contributed by atoms with van der Waals surface area (Å²) in [5.41, 5.74) is 9.67. The number of hydrogen-bond donors (Lipinski definition) is 3. The second-order valence-corrected chi connectivity index (χ2v) is 11.2. The molecule has 6 rings (SSSR count). The van der Waals surface area contributed by atoms with Crippen molar-refractivity contribution in [3.05, 3.63) is 81.5 Å². The summed E-state index contributed by atoms with van der Waals surface area (Å²) in [6.07, 6.45) is 0.211. The van der Waals surface area contributed by atoms with Gasteiger partial charge in [-0.05, 0) is 34.9 Å². The number of carbonyl (C=O) groups excluding carboxylic acids is 3. The molecule has 1 spiro atoms. The highest BCUT2D eigenvalue weighted by Gasteiger charge is 2.52. The fourth-order valence-corrected chi connectivity index (χ4v) is 6.34. The zero-order chi connectivity index (χ0) is 27.9. The summed E-state index contributed by atoms with van der Waals surface area (Å²) in [6, 6.07) is 16.6. The molecular formula is C29H29N5O5S. The van der Waals surface area contributed by atoms with E-state index in [0.717, 1.165) is 21.6 Å². The highest BCUT2D eigenvalue weighted by atomic mass is 32.1. The van der Waals surface area contributed by atoms with Crippen LogP contribution in [0.2, 0.25) is 0 Å². The summed E-state index contributed by atoms with van der Waals surface area (Å²) >= 11 is 1.39. The molecule has 0 unspecified atom stereocenters. The summed E-state index contributed by atoms with van der Waals surface area (Å²) in [5.74, 6) is -1.93. The number of nitrogens with two attached hydrogens (primary N) is 1. The number of amides is 3. The van der Waals surface area contributed by atoms with Gasteiger partial charge in [-0.2, -0.15) is 0 Å². The third kappa shape index (κ3) is 4.99.